The van der Waals surface area contributed by atoms with Crippen molar-refractivity contribution >= 4 is 11.8 Å². The van der Waals surface area contributed by atoms with Crippen molar-refractivity contribution in [2.75, 3.05) is 18.0 Å². The van der Waals surface area contributed by atoms with Crippen LogP contribution in [0.25, 0.3) is 0 Å². The van der Waals surface area contributed by atoms with E-state index in [0.717, 1.165) is 36.8 Å². The Balaban J connectivity index is 2.21. The second-order valence-electron chi connectivity index (χ2n) is 5.11. The average Bonchev–Trinajstić information content (AvgIpc) is 2.38. The highest BCUT2D eigenvalue weighted by Crippen LogP contribution is 2.26. The third-order valence-corrected chi connectivity index (χ3v) is 3.80. The summed E-state index contributed by atoms with van der Waals surface area (Å²) in [5.41, 5.74) is 2.21. The van der Waals surface area contributed by atoms with Gasteiger partial charge in [0.25, 0.3) is 0 Å². The number of hydrogen-bond donors (Lipinski definition) is 1. The Kier molecular flexibility index (Phi) is 4.02. The predicted molar refractivity (Wildman–Crippen MR) is 73.5 cm³/mol. The molecule has 1 saturated heterocycles. The van der Waals surface area contributed by atoms with Crippen LogP contribution < -0.4 is 4.90 Å². The highest BCUT2D eigenvalue weighted by atomic mass is 16.4. The molecule has 0 bridgehead atoms. The van der Waals surface area contributed by atoms with E-state index in [9.17, 15) is 4.79 Å². The first-order chi connectivity index (χ1) is 9.02. The number of carbonyl (C=O) groups is 1. The molecule has 0 atom stereocenters. The van der Waals surface area contributed by atoms with Crippen LogP contribution in [0.2, 0.25) is 0 Å². The van der Waals surface area contributed by atoms with Crippen LogP contribution in [0.3, 0.4) is 0 Å². The number of piperidine rings is 1. The van der Waals surface area contributed by atoms with E-state index in [0.29, 0.717) is 12.8 Å². The van der Waals surface area contributed by atoms with E-state index in [-0.39, 0.29) is 5.92 Å². The molecule has 0 saturated carbocycles. The highest BCUT2D eigenvalue weighted by Gasteiger charge is 2.26. The predicted octanol–water partition coefficient (Wildman–Crippen LogP) is 1.96. The molecule has 0 unspecified atom stereocenters. The maximum atomic E-state index is 11.0. The van der Waals surface area contributed by atoms with E-state index in [1.165, 1.54) is 5.56 Å². The summed E-state index contributed by atoms with van der Waals surface area (Å²) in [6, 6.07) is 0. The fraction of sp³-hybridized carbons (Fsp3) is 0.643. The second kappa shape index (κ2) is 5.55. The van der Waals surface area contributed by atoms with E-state index in [1.54, 1.807) is 0 Å². The van der Waals surface area contributed by atoms with Gasteiger partial charge in [-0.3, -0.25) is 4.79 Å². The largest absolute Gasteiger partial charge is 0.481 e. The number of aryl methyl sites for hydroxylation is 2. The van der Waals surface area contributed by atoms with Gasteiger partial charge >= 0.3 is 5.97 Å². The van der Waals surface area contributed by atoms with Gasteiger partial charge in [0.15, 0.2) is 0 Å². The van der Waals surface area contributed by atoms with Crippen molar-refractivity contribution in [3.05, 3.63) is 17.1 Å². The number of carboxylic acid groups (broad SMARTS) is 1. The third kappa shape index (κ3) is 2.85. The van der Waals surface area contributed by atoms with Crippen molar-refractivity contribution in [2.45, 2.75) is 40.0 Å². The monoisotopic (exact) mass is 263 g/mol. The zero-order valence-corrected chi connectivity index (χ0v) is 11.8. The molecule has 19 heavy (non-hydrogen) atoms. The zero-order chi connectivity index (χ0) is 14.0. The van der Waals surface area contributed by atoms with Gasteiger partial charge in [-0.1, -0.05) is 6.92 Å². The first-order valence-corrected chi connectivity index (χ1v) is 6.84. The van der Waals surface area contributed by atoms with Crippen molar-refractivity contribution in [3.8, 4) is 0 Å². The molecule has 1 aromatic rings. The lowest BCUT2D eigenvalue weighted by Gasteiger charge is -2.32. The molecule has 1 aliphatic rings. The van der Waals surface area contributed by atoms with Gasteiger partial charge in [-0.2, -0.15) is 0 Å². The molecule has 104 valence electrons. The maximum Gasteiger partial charge on any atom is 0.306 e. The lowest BCUT2D eigenvalue weighted by Crippen LogP contribution is -2.37. The molecule has 1 aliphatic heterocycles. The lowest BCUT2D eigenvalue weighted by molar-refractivity contribution is -0.142. The Labute approximate surface area is 113 Å². The highest BCUT2D eigenvalue weighted by molar-refractivity contribution is 5.70. The third-order valence-electron chi connectivity index (χ3n) is 3.80. The minimum atomic E-state index is -0.676. The molecule has 2 heterocycles. The van der Waals surface area contributed by atoms with Gasteiger partial charge in [0.05, 0.1) is 5.92 Å². The number of aliphatic carboxylic acids is 1. The van der Waals surface area contributed by atoms with Gasteiger partial charge < -0.3 is 10.0 Å². The van der Waals surface area contributed by atoms with Crippen LogP contribution in [-0.2, 0) is 11.2 Å². The topological polar surface area (TPSA) is 66.3 Å². The average molecular weight is 263 g/mol. The van der Waals surface area contributed by atoms with Crippen LogP contribution in [-0.4, -0.2) is 34.1 Å². The van der Waals surface area contributed by atoms with E-state index >= 15 is 0 Å². The number of rotatable bonds is 3. The van der Waals surface area contributed by atoms with Crippen LogP contribution in [0.4, 0.5) is 5.82 Å². The van der Waals surface area contributed by atoms with Crippen molar-refractivity contribution < 1.29 is 9.90 Å². The van der Waals surface area contributed by atoms with Crippen LogP contribution >= 0.6 is 0 Å². The second-order valence-corrected chi connectivity index (χ2v) is 5.11. The minimum absolute atomic E-state index is 0.203. The van der Waals surface area contributed by atoms with Crippen molar-refractivity contribution in [1.82, 2.24) is 9.97 Å². The van der Waals surface area contributed by atoms with Gasteiger partial charge in [0.1, 0.15) is 11.6 Å². The molecule has 2 rings (SSSR count). The number of anilines is 1. The van der Waals surface area contributed by atoms with Crippen LogP contribution in [0.5, 0.6) is 0 Å². The fourth-order valence-corrected chi connectivity index (χ4v) is 2.73. The molecule has 1 N–H and O–H groups in total. The van der Waals surface area contributed by atoms with Gasteiger partial charge in [0, 0.05) is 24.3 Å². The molecule has 0 aliphatic carbocycles. The normalized spacial score (nSPS) is 16.7. The summed E-state index contributed by atoms with van der Waals surface area (Å²) in [7, 11) is 0. The molecule has 1 fully saturated rings. The van der Waals surface area contributed by atoms with Gasteiger partial charge in [-0.05, 0) is 33.1 Å². The molecule has 0 amide bonds. The summed E-state index contributed by atoms with van der Waals surface area (Å²) in [4.78, 5) is 22.2. The van der Waals surface area contributed by atoms with Crippen LogP contribution in [0, 0.1) is 19.8 Å². The van der Waals surface area contributed by atoms with Crippen molar-refractivity contribution in [3.63, 3.8) is 0 Å². The molecule has 5 nitrogen and oxygen atoms in total. The molecule has 1 aromatic heterocycles. The maximum absolute atomic E-state index is 11.0. The minimum Gasteiger partial charge on any atom is -0.481 e. The Morgan fingerprint density at radius 2 is 1.95 bits per heavy atom. The van der Waals surface area contributed by atoms with E-state index in [1.807, 2.05) is 13.8 Å². The van der Waals surface area contributed by atoms with E-state index in [4.69, 9.17) is 5.11 Å². The number of nitrogens with zero attached hydrogens (tertiary/aromatic N) is 3. The van der Waals surface area contributed by atoms with Gasteiger partial charge in [0.2, 0.25) is 0 Å². The number of aromatic nitrogens is 2. The van der Waals surface area contributed by atoms with Crippen LogP contribution in [0.1, 0.15) is 36.8 Å². The molecule has 0 radical (unpaired) electrons. The van der Waals surface area contributed by atoms with Crippen molar-refractivity contribution in [2.24, 2.45) is 5.92 Å². The van der Waals surface area contributed by atoms with E-state index in [2.05, 4.69) is 21.8 Å². The standard InChI is InChI=1S/C14H21N3O2/c1-4-12-9(2)15-10(3)16-13(12)17-7-5-11(6-8-17)14(18)19/h11H,4-8H2,1-3H3,(H,18,19). The Bertz CT molecular complexity index is 480. The summed E-state index contributed by atoms with van der Waals surface area (Å²) in [5.74, 6) is 0.900. The Morgan fingerprint density at radius 3 is 2.47 bits per heavy atom. The van der Waals surface area contributed by atoms with Crippen molar-refractivity contribution in [1.29, 1.82) is 0 Å². The lowest BCUT2D eigenvalue weighted by atomic mass is 9.96. The van der Waals surface area contributed by atoms with E-state index < -0.39 is 5.97 Å². The zero-order valence-electron chi connectivity index (χ0n) is 11.8. The molecule has 5 heteroatoms. The Morgan fingerprint density at radius 1 is 1.32 bits per heavy atom. The smallest absolute Gasteiger partial charge is 0.306 e. The first kappa shape index (κ1) is 13.8. The molecular formula is C14H21N3O2. The fourth-order valence-electron chi connectivity index (χ4n) is 2.73. The van der Waals surface area contributed by atoms with Crippen LogP contribution in [0.15, 0.2) is 0 Å². The summed E-state index contributed by atoms with van der Waals surface area (Å²) in [6.45, 7) is 7.55. The van der Waals surface area contributed by atoms with Gasteiger partial charge in [-0.25, -0.2) is 9.97 Å². The quantitative estimate of drug-likeness (QED) is 0.903. The number of hydrogen-bond acceptors (Lipinski definition) is 4. The number of carboxylic acids is 1. The SMILES string of the molecule is CCc1c(C)nc(C)nc1N1CCC(C(=O)O)CC1. The summed E-state index contributed by atoms with van der Waals surface area (Å²) in [6.07, 6.45) is 2.29. The molecular weight excluding hydrogens is 242 g/mol. The Hall–Kier alpha value is -1.65. The summed E-state index contributed by atoms with van der Waals surface area (Å²) >= 11 is 0. The summed E-state index contributed by atoms with van der Waals surface area (Å²) in [5, 5.41) is 9.04. The summed E-state index contributed by atoms with van der Waals surface area (Å²) < 4.78 is 0. The molecule has 0 spiro atoms. The molecule has 0 aromatic carbocycles. The first-order valence-electron chi connectivity index (χ1n) is 6.84. The van der Waals surface area contributed by atoms with Gasteiger partial charge in [-0.15, -0.1) is 0 Å².